The standard InChI is InChI=1S/C27H68N12.C27H66N12.C25H64N12.C2H4O2.B.Na.H/c2*1-2-33-12-20-38(19-10-32)26-24-36(16-5-3-4-6-28)25-27-39(22-13-34-11-7-29)23-15-35-14-21-37(17-8-30)18-9-31;26-4-2-1-3-14-34(22-24-36(17-8-30)18-9-31)23-25-37(20-11-32-10-5-27)21-13-33-12-19-35(15-6-28)16-7-29;1-4-2-3;;;/h33-35H,2-32H2,1H3;2,34-35H,3-32H2,1H3;32-33H,1-31H2;2H,1H3;;;/q;;;;;+1;-1. The Morgan fingerprint density at radius 2 is 0.413 bits per heavy atom. The number of rotatable bonds is 94. The van der Waals surface area contributed by atoms with Crippen molar-refractivity contribution in [3.8, 4) is 0 Å². The largest absolute Gasteiger partial charge is 1.00 e. The van der Waals surface area contributed by atoms with Crippen molar-refractivity contribution in [3.05, 3.63) is 0 Å². The number of carbonyl (C=O) groups is 1. The van der Waals surface area contributed by atoms with Crippen LogP contribution >= 0.6 is 0 Å². The minimum Gasteiger partial charge on any atom is -1.00 e. The number of nitrogens with two attached hydrogens (primary N) is 16. The summed E-state index contributed by atoms with van der Waals surface area (Å²) in [5.41, 5.74) is 92.0. The van der Waals surface area contributed by atoms with E-state index in [0.717, 1.165) is 373 Å². The molecule has 0 fully saturated rings. The summed E-state index contributed by atoms with van der Waals surface area (Å²) < 4.78 is 3.86. The van der Waals surface area contributed by atoms with Gasteiger partial charge in [-0.1, -0.05) is 26.2 Å². The van der Waals surface area contributed by atoms with Crippen molar-refractivity contribution >= 4 is 21.1 Å². The summed E-state index contributed by atoms with van der Waals surface area (Å²) in [7, 11) is 1.31. The average molecular weight is 1750 g/mol. The number of hydrogen-bond acceptors (Lipinski definition) is 38. The third kappa shape index (κ3) is 96.2. The summed E-state index contributed by atoms with van der Waals surface area (Å²) in [4.78, 5) is 43.2. The van der Waals surface area contributed by atoms with E-state index in [-0.39, 0.29) is 39.4 Å². The molecule has 0 saturated carbocycles. The molecule has 0 aliphatic heterocycles. The summed E-state index contributed by atoms with van der Waals surface area (Å²) in [6.07, 6.45) is 12.3. The molecule has 0 aromatic carbocycles. The van der Waals surface area contributed by atoms with Crippen molar-refractivity contribution in [3.63, 3.8) is 0 Å². The maximum Gasteiger partial charge on any atom is 1.00 e. The van der Waals surface area contributed by atoms with Gasteiger partial charge in [-0.15, -0.1) is 0 Å². The Morgan fingerprint density at radius 3 is 0.595 bits per heavy atom. The van der Waals surface area contributed by atoms with Gasteiger partial charge in [-0.3, -0.25) is 53.9 Å². The van der Waals surface area contributed by atoms with Crippen LogP contribution in [0.2, 0.25) is 0 Å². The van der Waals surface area contributed by atoms with E-state index in [1.807, 2.05) is 13.1 Å². The molecular formula is C81H203BN36NaO2. The molecule has 121 heavy (non-hydrogen) atoms. The maximum atomic E-state index is 8.95. The van der Waals surface area contributed by atoms with Crippen LogP contribution in [0.25, 0.3) is 0 Å². The molecule has 0 saturated heterocycles. The van der Waals surface area contributed by atoms with E-state index in [1.54, 1.807) is 0 Å². The van der Waals surface area contributed by atoms with Crippen molar-refractivity contribution < 1.29 is 40.5 Å². The van der Waals surface area contributed by atoms with Crippen LogP contribution in [0.1, 0.15) is 73.1 Å². The molecule has 0 atom stereocenters. The topological polar surface area (TPSA) is 578 Å². The minimum absolute atomic E-state index is 0. The summed E-state index contributed by atoms with van der Waals surface area (Å²) in [5, 5.41) is 24.6. The van der Waals surface area contributed by atoms with Crippen LogP contribution in [0, 0.1) is 0 Å². The van der Waals surface area contributed by atoms with E-state index in [9.17, 15) is 0 Å². The Bertz CT molecular complexity index is 1910. The SMILES string of the molecule is CC=NCCN(CCN)CCN(CCCCCN)CCN(CCNCCN)CCNCCN(CCN)CCN.CCNCCN(CCN)CCN(CCCCCN)CCN(CCNCCN)CCNCCN(CCN)CCN.COC=O.NCCCCCN(CCN(CCN)CCN)CCN(CCNCCN)CCNCCN(CCN)CCN.[B].[H-].[Na+]. The van der Waals surface area contributed by atoms with Gasteiger partial charge in [0, 0.05) is 395 Å². The van der Waals surface area contributed by atoms with E-state index < -0.39 is 0 Å². The molecule has 0 heterocycles. The number of carbonyl (C=O) groups excluding carboxylic acids is 1. The smallest absolute Gasteiger partial charge is 1.00 e. The zero-order valence-electron chi connectivity index (χ0n) is 79.8. The second-order valence-corrected chi connectivity index (χ2v) is 30.3. The van der Waals surface area contributed by atoms with E-state index in [0.29, 0.717) is 91.6 Å². The molecule has 0 aromatic rings. The summed E-state index contributed by atoms with van der Waals surface area (Å²) in [6.45, 7) is 65.7. The molecule has 0 aromatic heterocycles. The van der Waals surface area contributed by atoms with Gasteiger partial charge in [-0.05, 0) is 97.5 Å². The van der Waals surface area contributed by atoms with Crippen molar-refractivity contribution in [2.75, 3.05) is 446 Å². The van der Waals surface area contributed by atoms with E-state index >= 15 is 0 Å². The first-order valence-electron chi connectivity index (χ1n) is 46.6. The Labute approximate surface area is 767 Å². The molecule has 3 radical (unpaired) electrons. The van der Waals surface area contributed by atoms with Crippen molar-refractivity contribution in [2.45, 2.75) is 71.6 Å². The zero-order chi connectivity index (χ0) is 88.4. The van der Waals surface area contributed by atoms with Crippen LogP contribution < -0.4 is 159 Å². The number of unbranched alkanes of at least 4 members (excludes halogenated alkanes) is 6. The molecule has 0 amide bonds. The predicted molar refractivity (Wildman–Crippen MR) is 518 cm³/mol. The summed E-state index contributed by atoms with van der Waals surface area (Å²) in [6, 6.07) is 0. The summed E-state index contributed by atoms with van der Waals surface area (Å²) in [5.74, 6) is 0. The molecule has 38 nitrogen and oxygen atoms in total. The molecule has 0 rings (SSSR count). The Balaban J connectivity index is -0.000000314. The first-order chi connectivity index (χ1) is 58.3. The third-order valence-electron chi connectivity index (χ3n) is 20.5. The van der Waals surface area contributed by atoms with Gasteiger partial charge in [0.05, 0.1) is 13.7 Å². The molecule has 723 valence electrons. The van der Waals surface area contributed by atoms with Crippen LogP contribution in [0.15, 0.2) is 4.99 Å². The molecule has 39 N–H and O–H groups in total. The maximum absolute atomic E-state index is 8.95. The first kappa shape index (κ1) is 131. The second-order valence-electron chi connectivity index (χ2n) is 30.3. The van der Waals surface area contributed by atoms with E-state index in [4.69, 9.17) is 96.5 Å². The van der Waals surface area contributed by atoms with Gasteiger partial charge >= 0.3 is 29.6 Å². The number of nitrogens with one attached hydrogen (secondary N) is 7. The van der Waals surface area contributed by atoms with Crippen LogP contribution in [0.3, 0.4) is 0 Å². The van der Waals surface area contributed by atoms with Crippen LogP contribution in [0.4, 0.5) is 0 Å². The number of nitrogens with zero attached hydrogens (tertiary/aromatic N) is 13. The van der Waals surface area contributed by atoms with E-state index in [2.05, 4.69) is 113 Å². The van der Waals surface area contributed by atoms with Gasteiger partial charge in [0.1, 0.15) is 0 Å². The van der Waals surface area contributed by atoms with Crippen LogP contribution in [-0.4, -0.2) is 526 Å². The Hall–Kier alpha value is -1.20. The normalized spacial score (nSPS) is 11.8. The van der Waals surface area contributed by atoms with Crippen LogP contribution in [0.5, 0.6) is 0 Å². The molecule has 0 aliphatic carbocycles. The van der Waals surface area contributed by atoms with E-state index in [1.165, 1.54) is 45.6 Å². The number of methoxy groups -OCH3 is 1. The third-order valence-corrected chi connectivity index (χ3v) is 20.5. The fourth-order valence-corrected chi connectivity index (χ4v) is 13.5. The van der Waals surface area contributed by atoms with Gasteiger partial charge in [0.25, 0.3) is 6.47 Å². The Morgan fingerprint density at radius 1 is 0.240 bits per heavy atom. The fraction of sp³-hybridized carbons (Fsp3) is 0.975. The second kappa shape index (κ2) is 111. The monoisotopic (exact) mass is 1750 g/mol. The first-order valence-corrected chi connectivity index (χ1v) is 46.6. The van der Waals surface area contributed by atoms with Gasteiger partial charge in [-0.25, -0.2) is 0 Å². The average Bonchev–Trinajstić information content (AvgIpc) is 0.946. The van der Waals surface area contributed by atoms with Crippen molar-refractivity contribution in [1.29, 1.82) is 0 Å². The minimum atomic E-state index is 0. The molecule has 0 spiro atoms. The van der Waals surface area contributed by atoms with Crippen LogP contribution in [-0.2, 0) is 9.53 Å². The molecule has 40 heteroatoms. The predicted octanol–water partition coefficient (Wildman–Crippen LogP) is -12.8. The van der Waals surface area contributed by atoms with Gasteiger partial charge in [0.2, 0.25) is 0 Å². The Kier molecular flexibility index (Phi) is 120. The van der Waals surface area contributed by atoms with Gasteiger partial charge in [0.15, 0.2) is 0 Å². The number of aliphatic imine (C=N–C) groups is 1. The molecule has 0 unspecified atom stereocenters. The number of ether oxygens (including phenoxy) is 1. The number of hydrogen-bond donors (Lipinski definition) is 23. The molecular weight excluding hydrogens is 1540 g/mol. The summed E-state index contributed by atoms with van der Waals surface area (Å²) >= 11 is 0. The zero-order valence-corrected chi connectivity index (χ0v) is 80.8. The number of likely N-dealkylation sites (N-methyl/N-ethyl adjacent to an activating group) is 1. The molecule has 0 aliphatic rings. The molecule has 0 bridgehead atoms. The van der Waals surface area contributed by atoms with Gasteiger partial charge < -0.3 is 150 Å². The fourth-order valence-electron chi connectivity index (χ4n) is 13.5. The van der Waals surface area contributed by atoms with Crippen molar-refractivity contribution in [1.82, 2.24) is 96.0 Å². The quantitative estimate of drug-likeness (QED) is 0.0116. The van der Waals surface area contributed by atoms with Gasteiger partial charge in [-0.2, -0.15) is 0 Å². The van der Waals surface area contributed by atoms with Crippen molar-refractivity contribution in [2.24, 2.45) is 96.7 Å².